The molecule has 0 aliphatic heterocycles. The van der Waals surface area contributed by atoms with Gasteiger partial charge in [-0.15, -0.1) is 0 Å². The van der Waals surface area contributed by atoms with Crippen molar-refractivity contribution in [1.29, 1.82) is 0 Å². The summed E-state index contributed by atoms with van der Waals surface area (Å²) in [5.41, 5.74) is 2.55. The van der Waals surface area contributed by atoms with E-state index in [-0.39, 0.29) is 34.9 Å². The van der Waals surface area contributed by atoms with Crippen LogP contribution in [0.2, 0.25) is 5.02 Å². The first-order chi connectivity index (χ1) is 16.6. The van der Waals surface area contributed by atoms with Gasteiger partial charge < -0.3 is 9.88 Å². The van der Waals surface area contributed by atoms with Gasteiger partial charge in [-0.3, -0.25) is 9.59 Å². The Balaban J connectivity index is 1.76. The minimum absolute atomic E-state index is 0.0540. The molecule has 180 valence electrons. The van der Waals surface area contributed by atoms with E-state index in [1.165, 1.54) is 16.8 Å². The number of aryl methyl sites for hydroxylation is 3. The van der Waals surface area contributed by atoms with E-state index in [1.807, 2.05) is 6.92 Å². The Hall–Kier alpha value is -3.49. The van der Waals surface area contributed by atoms with Gasteiger partial charge in [-0.1, -0.05) is 41.4 Å². The van der Waals surface area contributed by atoms with E-state index >= 15 is 0 Å². The number of nitrogens with one attached hydrogen (secondary N) is 1. The normalized spacial score (nSPS) is 11.5. The number of sulfone groups is 1. The third-order valence-electron chi connectivity index (χ3n) is 5.65. The third-order valence-corrected chi connectivity index (χ3v) is 7.81. The van der Waals surface area contributed by atoms with E-state index in [1.54, 1.807) is 62.4 Å². The molecular weight excluding hydrogens is 486 g/mol. The van der Waals surface area contributed by atoms with Gasteiger partial charge in [0.1, 0.15) is 17.1 Å². The first-order valence-electron chi connectivity index (χ1n) is 10.9. The number of nitrogens with zero attached hydrogens (tertiary/aromatic N) is 2. The molecule has 35 heavy (non-hydrogen) atoms. The summed E-state index contributed by atoms with van der Waals surface area (Å²) in [6.07, 6.45) is 1.22. The number of halogens is 1. The zero-order chi connectivity index (χ0) is 25.3. The van der Waals surface area contributed by atoms with Crippen molar-refractivity contribution in [2.75, 3.05) is 0 Å². The molecule has 7 nitrogen and oxygen atoms in total. The summed E-state index contributed by atoms with van der Waals surface area (Å²) >= 11 is 5.90. The number of rotatable bonds is 6. The van der Waals surface area contributed by atoms with Crippen LogP contribution in [0.25, 0.3) is 11.0 Å². The quantitative estimate of drug-likeness (QED) is 0.421. The number of amides is 1. The monoisotopic (exact) mass is 509 g/mol. The highest BCUT2D eigenvalue weighted by Crippen LogP contribution is 2.24. The topological polar surface area (TPSA) is 98.1 Å². The predicted octanol–water partition coefficient (Wildman–Crippen LogP) is 4.12. The van der Waals surface area contributed by atoms with Gasteiger partial charge >= 0.3 is 0 Å². The van der Waals surface area contributed by atoms with Gasteiger partial charge in [0.2, 0.25) is 21.2 Å². The standard InChI is InChI=1S/C26H24ClN3O4S/c1-16-4-11-22(17(2)12-16)35(33,34)23-14-30(26-21(25(23)32)10-5-18(3)29-26)15-24(31)28-13-19-6-8-20(27)9-7-19/h4-12,14H,13,15H2,1-3H3,(H,28,31). The van der Waals surface area contributed by atoms with Gasteiger partial charge in [0.25, 0.3) is 0 Å². The van der Waals surface area contributed by atoms with E-state index in [0.717, 1.165) is 11.1 Å². The van der Waals surface area contributed by atoms with Crippen LogP contribution in [-0.2, 0) is 27.7 Å². The molecule has 1 amide bonds. The lowest BCUT2D eigenvalue weighted by atomic mass is 10.2. The molecule has 2 aromatic heterocycles. The number of aromatic nitrogens is 2. The zero-order valence-corrected chi connectivity index (χ0v) is 21.1. The summed E-state index contributed by atoms with van der Waals surface area (Å²) in [5, 5.41) is 3.54. The third kappa shape index (κ3) is 5.13. The maximum absolute atomic E-state index is 13.5. The van der Waals surface area contributed by atoms with Crippen molar-refractivity contribution in [1.82, 2.24) is 14.9 Å². The lowest BCUT2D eigenvalue weighted by Gasteiger charge is -2.15. The Kier molecular flexibility index (Phi) is 6.78. The Morgan fingerprint density at radius 1 is 1.00 bits per heavy atom. The average molecular weight is 510 g/mol. The second-order valence-corrected chi connectivity index (χ2v) is 10.8. The number of fused-ring (bicyclic) bond motifs is 1. The van der Waals surface area contributed by atoms with E-state index in [0.29, 0.717) is 16.3 Å². The highest BCUT2D eigenvalue weighted by atomic mass is 35.5. The highest BCUT2D eigenvalue weighted by Gasteiger charge is 2.26. The number of pyridine rings is 2. The number of carbonyl (C=O) groups is 1. The number of carbonyl (C=O) groups excluding carboxylic acids is 1. The smallest absolute Gasteiger partial charge is 0.240 e. The molecule has 0 atom stereocenters. The molecule has 0 bridgehead atoms. The number of hydrogen-bond donors (Lipinski definition) is 1. The van der Waals surface area contributed by atoms with Gasteiger partial charge in [-0.05, 0) is 62.2 Å². The number of benzene rings is 2. The molecule has 9 heteroatoms. The molecule has 4 rings (SSSR count). The SMILES string of the molecule is Cc1ccc(S(=O)(=O)c2cn(CC(=O)NCc3ccc(Cl)cc3)c3nc(C)ccc3c2=O)c(C)c1. The molecule has 0 saturated heterocycles. The predicted molar refractivity (Wildman–Crippen MR) is 135 cm³/mol. The fraction of sp³-hybridized carbons (Fsp3) is 0.192. The lowest BCUT2D eigenvalue weighted by molar-refractivity contribution is -0.121. The van der Waals surface area contributed by atoms with Gasteiger partial charge in [0, 0.05) is 23.5 Å². The lowest BCUT2D eigenvalue weighted by Crippen LogP contribution is -2.29. The van der Waals surface area contributed by atoms with Crippen molar-refractivity contribution in [3.63, 3.8) is 0 Å². The molecule has 0 fully saturated rings. The summed E-state index contributed by atoms with van der Waals surface area (Å²) in [6.45, 7) is 5.37. The molecule has 0 radical (unpaired) electrons. The molecule has 2 heterocycles. The Labute approximate surface area is 208 Å². The summed E-state index contributed by atoms with van der Waals surface area (Å²) in [4.78, 5) is 30.1. The molecule has 0 aliphatic rings. The molecule has 0 spiro atoms. The molecular formula is C26H24ClN3O4S. The van der Waals surface area contributed by atoms with Crippen LogP contribution in [0.4, 0.5) is 0 Å². The van der Waals surface area contributed by atoms with Crippen molar-refractivity contribution in [2.45, 2.75) is 43.7 Å². The molecule has 0 aliphatic carbocycles. The average Bonchev–Trinajstić information content (AvgIpc) is 2.80. The van der Waals surface area contributed by atoms with Crippen LogP contribution < -0.4 is 10.7 Å². The van der Waals surface area contributed by atoms with Crippen LogP contribution in [0.1, 0.15) is 22.4 Å². The van der Waals surface area contributed by atoms with Gasteiger partial charge in [0.05, 0.1) is 10.3 Å². The number of hydrogen-bond acceptors (Lipinski definition) is 5. The van der Waals surface area contributed by atoms with E-state index in [2.05, 4.69) is 10.3 Å². The summed E-state index contributed by atoms with van der Waals surface area (Å²) in [7, 11) is -4.14. The van der Waals surface area contributed by atoms with Crippen LogP contribution in [0.5, 0.6) is 0 Å². The fourth-order valence-corrected chi connectivity index (χ4v) is 5.59. The fourth-order valence-electron chi connectivity index (χ4n) is 3.88. The van der Waals surface area contributed by atoms with Crippen molar-refractivity contribution in [3.05, 3.63) is 98.4 Å². The van der Waals surface area contributed by atoms with Gasteiger partial charge in [0.15, 0.2) is 0 Å². The molecule has 2 aromatic carbocycles. The second kappa shape index (κ2) is 9.64. The Morgan fingerprint density at radius 2 is 1.71 bits per heavy atom. The molecule has 0 saturated carbocycles. The summed E-state index contributed by atoms with van der Waals surface area (Å²) < 4.78 is 28.5. The first kappa shape index (κ1) is 24.6. The largest absolute Gasteiger partial charge is 0.350 e. The summed E-state index contributed by atoms with van der Waals surface area (Å²) in [5.74, 6) is -0.358. The van der Waals surface area contributed by atoms with Crippen molar-refractivity contribution >= 4 is 38.4 Å². The van der Waals surface area contributed by atoms with Crippen LogP contribution in [-0.4, -0.2) is 23.9 Å². The van der Waals surface area contributed by atoms with E-state index < -0.39 is 20.2 Å². The highest BCUT2D eigenvalue weighted by molar-refractivity contribution is 7.91. The van der Waals surface area contributed by atoms with Crippen molar-refractivity contribution in [3.8, 4) is 0 Å². The van der Waals surface area contributed by atoms with Crippen LogP contribution in [0.3, 0.4) is 0 Å². The maximum Gasteiger partial charge on any atom is 0.240 e. The zero-order valence-electron chi connectivity index (χ0n) is 19.5. The van der Waals surface area contributed by atoms with E-state index in [9.17, 15) is 18.0 Å². The minimum Gasteiger partial charge on any atom is -0.350 e. The Bertz CT molecular complexity index is 1610. The van der Waals surface area contributed by atoms with Crippen molar-refractivity contribution in [2.24, 2.45) is 0 Å². The van der Waals surface area contributed by atoms with Gasteiger partial charge in [-0.2, -0.15) is 0 Å². The first-order valence-corrected chi connectivity index (χ1v) is 12.8. The Morgan fingerprint density at radius 3 is 2.40 bits per heavy atom. The molecule has 4 aromatic rings. The van der Waals surface area contributed by atoms with Crippen molar-refractivity contribution < 1.29 is 13.2 Å². The molecule has 0 unspecified atom stereocenters. The second-order valence-electron chi connectivity index (χ2n) is 8.45. The van der Waals surface area contributed by atoms with Crippen LogP contribution >= 0.6 is 11.6 Å². The maximum atomic E-state index is 13.5. The summed E-state index contributed by atoms with van der Waals surface area (Å²) in [6, 6.07) is 15.2. The van der Waals surface area contributed by atoms with Crippen LogP contribution in [0, 0.1) is 20.8 Å². The van der Waals surface area contributed by atoms with E-state index in [4.69, 9.17) is 11.6 Å². The van der Waals surface area contributed by atoms with Gasteiger partial charge in [-0.25, -0.2) is 13.4 Å². The molecule has 1 N–H and O–H groups in total. The minimum atomic E-state index is -4.14. The van der Waals surface area contributed by atoms with Crippen LogP contribution in [0.15, 0.2) is 75.4 Å².